The van der Waals surface area contributed by atoms with Gasteiger partial charge in [0.15, 0.2) is 5.56 Å². The third-order valence-electron chi connectivity index (χ3n) is 3.12. The molecule has 2 rings (SSSR count). The van der Waals surface area contributed by atoms with Gasteiger partial charge in [0.2, 0.25) is 0 Å². The van der Waals surface area contributed by atoms with Crippen molar-refractivity contribution < 1.29 is 9.47 Å². The van der Waals surface area contributed by atoms with Crippen LogP contribution in [0.25, 0.3) is 10.8 Å². The van der Waals surface area contributed by atoms with Crippen LogP contribution in [0.2, 0.25) is 5.02 Å². The molecule has 0 radical (unpaired) electrons. The molecule has 2 aromatic rings. The highest BCUT2D eigenvalue weighted by atomic mass is 79.9. The second kappa shape index (κ2) is 7.57. The Bertz CT molecular complexity index is 618. The first-order valence-corrected chi connectivity index (χ1v) is 8.59. The summed E-state index contributed by atoms with van der Waals surface area (Å²) < 4.78 is 11.2. The molecule has 0 aliphatic carbocycles. The first kappa shape index (κ1) is 16.7. The molecule has 114 valence electrons. The van der Waals surface area contributed by atoms with Crippen LogP contribution in [0.1, 0.15) is 20.3 Å². The third kappa shape index (κ3) is 3.97. The van der Waals surface area contributed by atoms with E-state index < -0.39 is 5.56 Å². The van der Waals surface area contributed by atoms with E-state index in [0.29, 0.717) is 17.4 Å². The van der Waals surface area contributed by atoms with Gasteiger partial charge in [0.05, 0.1) is 16.5 Å². The van der Waals surface area contributed by atoms with Crippen molar-refractivity contribution in [2.45, 2.75) is 30.7 Å². The van der Waals surface area contributed by atoms with E-state index in [4.69, 9.17) is 32.7 Å². The van der Waals surface area contributed by atoms with Crippen molar-refractivity contribution in [3.8, 4) is 11.5 Å². The fourth-order valence-electron chi connectivity index (χ4n) is 1.98. The van der Waals surface area contributed by atoms with Crippen molar-refractivity contribution in [1.82, 2.24) is 0 Å². The average Bonchev–Trinajstić information content (AvgIpc) is 2.49. The van der Waals surface area contributed by atoms with Crippen molar-refractivity contribution >= 4 is 49.9 Å². The summed E-state index contributed by atoms with van der Waals surface area (Å²) in [6.45, 7) is 4.63. The zero-order valence-corrected chi connectivity index (χ0v) is 15.0. The smallest absolute Gasteiger partial charge is 0.184 e. The van der Waals surface area contributed by atoms with E-state index >= 15 is 0 Å². The molecule has 0 aromatic heterocycles. The van der Waals surface area contributed by atoms with Crippen LogP contribution in [0.5, 0.6) is 11.5 Å². The van der Waals surface area contributed by atoms with E-state index in [-0.39, 0.29) is 4.83 Å². The van der Waals surface area contributed by atoms with Crippen LogP contribution >= 0.6 is 39.1 Å². The molecule has 21 heavy (non-hydrogen) atoms. The topological polar surface area (TPSA) is 18.5 Å². The Morgan fingerprint density at radius 1 is 1.19 bits per heavy atom. The van der Waals surface area contributed by atoms with Gasteiger partial charge in [-0.25, -0.2) is 0 Å². The van der Waals surface area contributed by atoms with Crippen LogP contribution in [-0.4, -0.2) is 17.0 Å². The van der Waals surface area contributed by atoms with Crippen LogP contribution in [0.15, 0.2) is 30.3 Å². The fraction of sp³-hybridized carbons (Fsp3) is 0.375. The summed E-state index contributed by atoms with van der Waals surface area (Å²) in [5.74, 6) is 1.42. The Balaban J connectivity index is 2.31. The second-order valence-corrected chi connectivity index (χ2v) is 6.57. The van der Waals surface area contributed by atoms with Gasteiger partial charge in [0, 0.05) is 5.39 Å². The van der Waals surface area contributed by atoms with Crippen molar-refractivity contribution in [3.63, 3.8) is 0 Å². The summed E-state index contributed by atoms with van der Waals surface area (Å²) in [6, 6.07) is 9.60. The van der Waals surface area contributed by atoms with Crippen LogP contribution in [0.3, 0.4) is 0 Å². The molecule has 2 atom stereocenters. The van der Waals surface area contributed by atoms with Crippen molar-refractivity contribution in [3.05, 3.63) is 35.4 Å². The van der Waals surface area contributed by atoms with Gasteiger partial charge in [-0.05, 0) is 43.0 Å². The van der Waals surface area contributed by atoms with Gasteiger partial charge in [-0.3, -0.25) is 0 Å². The standard InChI is InChI=1S/C16H17BrCl2O2/c1-3-13(17)16(19)21-14-8-5-10-9-11(20-4-2)6-7-12(10)15(14)18/h5-9,13,16H,3-4H2,1-2H3. The van der Waals surface area contributed by atoms with Gasteiger partial charge in [0.1, 0.15) is 11.5 Å². The van der Waals surface area contributed by atoms with Crippen molar-refractivity contribution in [2.24, 2.45) is 0 Å². The number of halogens is 3. The molecular weight excluding hydrogens is 375 g/mol. The maximum Gasteiger partial charge on any atom is 0.184 e. The number of benzene rings is 2. The molecule has 0 amide bonds. The van der Waals surface area contributed by atoms with E-state index in [2.05, 4.69) is 15.9 Å². The zero-order chi connectivity index (χ0) is 15.4. The molecule has 0 saturated carbocycles. The molecule has 0 spiro atoms. The summed E-state index contributed by atoms with van der Waals surface area (Å²) in [5, 5.41) is 2.50. The summed E-state index contributed by atoms with van der Waals surface area (Å²) in [4.78, 5) is 0.0752. The molecular formula is C16H17BrCl2O2. The number of hydrogen-bond acceptors (Lipinski definition) is 2. The summed E-state index contributed by atoms with van der Waals surface area (Å²) in [6.07, 6.45) is 0.872. The molecule has 0 bridgehead atoms. The van der Waals surface area contributed by atoms with Crippen LogP contribution in [0.4, 0.5) is 0 Å². The first-order chi connectivity index (χ1) is 10.1. The van der Waals surface area contributed by atoms with E-state index in [1.54, 1.807) is 0 Å². The van der Waals surface area contributed by atoms with Gasteiger partial charge < -0.3 is 9.47 Å². The summed E-state index contributed by atoms with van der Waals surface area (Å²) in [7, 11) is 0. The number of ether oxygens (including phenoxy) is 2. The third-order valence-corrected chi connectivity index (χ3v) is 5.33. The minimum Gasteiger partial charge on any atom is -0.494 e. The van der Waals surface area contributed by atoms with E-state index in [1.165, 1.54) is 0 Å². The lowest BCUT2D eigenvalue weighted by molar-refractivity contribution is 0.277. The van der Waals surface area contributed by atoms with Crippen LogP contribution in [-0.2, 0) is 0 Å². The van der Waals surface area contributed by atoms with Crippen LogP contribution < -0.4 is 9.47 Å². The SMILES string of the molecule is CCOc1ccc2c(Cl)c(OC(Cl)C(Br)CC)ccc2c1. The average molecular weight is 392 g/mol. The predicted molar refractivity (Wildman–Crippen MR) is 93.4 cm³/mol. The lowest BCUT2D eigenvalue weighted by Crippen LogP contribution is -2.20. The Kier molecular flexibility index (Phi) is 6.03. The molecule has 0 N–H and O–H groups in total. The predicted octanol–water partition coefficient (Wildman–Crippen LogP) is 6.01. The molecule has 2 nitrogen and oxygen atoms in total. The summed E-state index contributed by atoms with van der Waals surface area (Å²) >= 11 is 16.1. The highest BCUT2D eigenvalue weighted by Crippen LogP contribution is 2.36. The van der Waals surface area contributed by atoms with Gasteiger partial charge in [-0.1, -0.05) is 52.1 Å². The number of rotatable bonds is 6. The van der Waals surface area contributed by atoms with Crippen molar-refractivity contribution in [2.75, 3.05) is 6.61 Å². The van der Waals surface area contributed by atoms with Crippen LogP contribution in [0, 0.1) is 0 Å². The minimum atomic E-state index is -0.465. The highest BCUT2D eigenvalue weighted by Gasteiger charge is 2.18. The minimum absolute atomic E-state index is 0.0752. The molecule has 0 aliphatic heterocycles. The second-order valence-electron chi connectivity index (χ2n) is 4.59. The monoisotopic (exact) mass is 390 g/mol. The lowest BCUT2D eigenvalue weighted by atomic mass is 10.1. The molecule has 2 unspecified atom stereocenters. The molecule has 5 heteroatoms. The normalized spacial score (nSPS) is 14.0. The van der Waals surface area contributed by atoms with Gasteiger partial charge in [-0.2, -0.15) is 0 Å². The van der Waals surface area contributed by atoms with Gasteiger partial charge in [0.25, 0.3) is 0 Å². The molecule has 0 fully saturated rings. The molecule has 0 saturated heterocycles. The quantitative estimate of drug-likeness (QED) is 0.561. The first-order valence-electron chi connectivity index (χ1n) is 6.86. The highest BCUT2D eigenvalue weighted by molar-refractivity contribution is 9.09. The Morgan fingerprint density at radius 2 is 1.95 bits per heavy atom. The maximum absolute atomic E-state index is 6.42. The lowest BCUT2D eigenvalue weighted by Gasteiger charge is -2.18. The maximum atomic E-state index is 6.42. The molecule has 2 aromatic carbocycles. The Labute approximate surface area is 143 Å². The fourth-order valence-corrected chi connectivity index (χ4v) is 2.64. The number of fused-ring (bicyclic) bond motifs is 1. The Morgan fingerprint density at radius 3 is 2.62 bits per heavy atom. The molecule has 0 heterocycles. The van der Waals surface area contributed by atoms with E-state index in [9.17, 15) is 0 Å². The summed E-state index contributed by atoms with van der Waals surface area (Å²) in [5.41, 5.74) is -0.465. The molecule has 0 aliphatic rings. The van der Waals surface area contributed by atoms with Crippen molar-refractivity contribution in [1.29, 1.82) is 0 Å². The Hall–Kier alpha value is -0.640. The number of hydrogen-bond donors (Lipinski definition) is 0. The largest absolute Gasteiger partial charge is 0.494 e. The zero-order valence-electron chi connectivity index (χ0n) is 11.9. The van der Waals surface area contributed by atoms with Gasteiger partial charge >= 0.3 is 0 Å². The van der Waals surface area contributed by atoms with E-state index in [0.717, 1.165) is 22.9 Å². The number of alkyl halides is 2. The van der Waals surface area contributed by atoms with E-state index in [1.807, 2.05) is 44.2 Å². The van der Waals surface area contributed by atoms with Gasteiger partial charge in [-0.15, -0.1) is 0 Å².